The van der Waals surface area contributed by atoms with Crippen LogP contribution in [-0.2, 0) is 24.3 Å². The highest BCUT2D eigenvalue weighted by atomic mass is 35.5. The van der Waals surface area contributed by atoms with Gasteiger partial charge >= 0.3 is 6.09 Å². The van der Waals surface area contributed by atoms with E-state index in [0.29, 0.717) is 44.1 Å². The normalized spacial score (nSPS) is 30.5. The van der Waals surface area contributed by atoms with E-state index in [1.807, 2.05) is 23.9 Å². The van der Waals surface area contributed by atoms with Crippen molar-refractivity contribution in [2.45, 2.75) is 73.2 Å². The number of likely N-dealkylation sites (N-methyl/N-ethyl adjacent to an activating group) is 1. The fourth-order valence-electron chi connectivity index (χ4n) is 6.59. The number of sulfonamides is 1. The van der Waals surface area contributed by atoms with Gasteiger partial charge in [0, 0.05) is 18.1 Å². The van der Waals surface area contributed by atoms with Gasteiger partial charge in [-0.2, -0.15) is 4.31 Å². The van der Waals surface area contributed by atoms with E-state index in [1.54, 1.807) is 21.3 Å². The monoisotopic (exact) mass is 580 g/mol. The quantitative estimate of drug-likeness (QED) is 0.488. The number of piperazine rings is 1. The molecular formula is C27H37ClN4O6S. The Hall–Kier alpha value is -1.92. The molecule has 6 rings (SSSR count). The third-order valence-electron chi connectivity index (χ3n) is 8.89. The van der Waals surface area contributed by atoms with E-state index in [-0.39, 0.29) is 41.5 Å². The lowest BCUT2D eigenvalue weighted by atomic mass is 10.0. The van der Waals surface area contributed by atoms with E-state index >= 15 is 0 Å². The lowest BCUT2D eigenvalue weighted by Crippen LogP contribution is -2.63. The summed E-state index contributed by atoms with van der Waals surface area (Å²) in [5.74, 6) is 0.308. The second-order valence-corrected chi connectivity index (χ2v) is 14.3. The summed E-state index contributed by atoms with van der Waals surface area (Å²) in [6.45, 7) is 1.86. The average molecular weight is 581 g/mol. The molecule has 2 unspecified atom stereocenters. The molecule has 5 fully saturated rings. The number of ether oxygens (including phenoxy) is 2. The number of likely N-dealkylation sites (tertiary alicyclic amines) is 1. The molecule has 12 heteroatoms. The first kappa shape index (κ1) is 27.3. The third-order valence-corrected chi connectivity index (χ3v) is 11.1. The van der Waals surface area contributed by atoms with Crippen LogP contribution in [0, 0.1) is 5.92 Å². The van der Waals surface area contributed by atoms with Crippen LogP contribution in [0.3, 0.4) is 0 Å². The number of hydrogen-bond acceptors (Lipinski definition) is 7. The number of carbonyl (C=O) groups excluding carboxylic acids is 2. The molecule has 10 nitrogen and oxygen atoms in total. The van der Waals surface area contributed by atoms with Crippen LogP contribution in [0.1, 0.15) is 38.5 Å². The van der Waals surface area contributed by atoms with Crippen LogP contribution in [0.4, 0.5) is 4.79 Å². The summed E-state index contributed by atoms with van der Waals surface area (Å²) in [4.78, 5) is 32.0. The molecule has 4 atom stereocenters. The molecule has 0 spiro atoms. The van der Waals surface area contributed by atoms with Gasteiger partial charge in [-0.3, -0.25) is 9.69 Å². The second-order valence-electron chi connectivity index (χ2n) is 12.0. The Kier molecular flexibility index (Phi) is 7.11. The van der Waals surface area contributed by atoms with Gasteiger partial charge in [0.15, 0.2) is 0 Å². The van der Waals surface area contributed by atoms with Crippen LogP contribution < -0.4 is 0 Å². The largest absolute Gasteiger partial charge is 0.441 e. The van der Waals surface area contributed by atoms with Gasteiger partial charge in [-0.15, -0.1) is 0 Å². The molecule has 1 aromatic carbocycles. The molecule has 0 N–H and O–H groups in total. The summed E-state index contributed by atoms with van der Waals surface area (Å²) >= 11 is 6.04. The number of halogens is 1. The molecule has 3 heterocycles. The molecule has 2 aliphatic carbocycles. The van der Waals surface area contributed by atoms with Crippen molar-refractivity contribution in [3.63, 3.8) is 0 Å². The Morgan fingerprint density at radius 3 is 2.26 bits per heavy atom. The summed E-state index contributed by atoms with van der Waals surface area (Å²) in [6, 6.07) is 5.18. The summed E-state index contributed by atoms with van der Waals surface area (Å²) in [5, 5.41) is 0.469. The molecule has 0 radical (unpaired) electrons. The lowest BCUT2D eigenvalue weighted by molar-refractivity contribution is -0.135. The Bertz CT molecular complexity index is 1210. The van der Waals surface area contributed by atoms with Crippen molar-refractivity contribution < 1.29 is 27.5 Å². The smallest absolute Gasteiger partial charge is 0.411 e. The van der Waals surface area contributed by atoms with Crippen molar-refractivity contribution in [1.29, 1.82) is 0 Å². The highest BCUT2D eigenvalue weighted by Crippen LogP contribution is 2.51. The maximum Gasteiger partial charge on any atom is 0.411 e. The third kappa shape index (κ3) is 5.16. The standard InChI is InChI=1S/C27H37ClN4O6S/c1-29(2)15-25(33)30-13-20-7-8-21(14-30)31(20)26(34)38-27(11-12-27)24-17-37-16-23(18-3-4-18)32(24)39(35,36)22-9-5-19(28)6-10-22/h5-6,9-10,18,20-21,23-24H,3-4,7-8,11-17H2,1-2H3/t20?,21?,23-,24+/m0/s1. The first-order valence-corrected chi connectivity index (χ1v) is 15.7. The van der Waals surface area contributed by atoms with Gasteiger partial charge in [0.2, 0.25) is 15.9 Å². The van der Waals surface area contributed by atoms with Crippen LogP contribution in [0.25, 0.3) is 0 Å². The molecule has 3 aliphatic heterocycles. The number of nitrogens with zero attached hydrogens (tertiary/aromatic N) is 4. The fraction of sp³-hybridized carbons (Fsp3) is 0.704. The van der Waals surface area contributed by atoms with E-state index in [4.69, 9.17) is 21.1 Å². The number of amides is 2. The predicted octanol–water partition coefficient (Wildman–Crippen LogP) is 2.41. The summed E-state index contributed by atoms with van der Waals surface area (Å²) in [7, 11) is -0.141. The molecule has 2 saturated carbocycles. The van der Waals surface area contributed by atoms with Crippen molar-refractivity contribution in [2.75, 3.05) is 46.9 Å². The van der Waals surface area contributed by atoms with Gasteiger partial charge in [0.05, 0.1) is 48.8 Å². The second kappa shape index (κ2) is 10.2. The Morgan fingerprint density at radius 2 is 1.69 bits per heavy atom. The van der Waals surface area contributed by atoms with Crippen molar-refractivity contribution in [3.8, 4) is 0 Å². The summed E-state index contributed by atoms with van der Waals surface area (Å²) in [5.41, 5.74) is -0.915. The van der Waals surface area contributed by atoms with Crippen LogP contribution in [0.2, 0.25) is 5.02 Å². The molecule has 214 valence electrons. The summed E-state index contributed by atoms with van der Waals surface area (Å²) < 4.78 is 41.9. The molecule has 0 aromatic heterocycles. The molecule has 5 aliphatic rings. The molecule has 1 aromatic rings. The number of fused-ring (bicyclic) bond motifs is 2. The van der Waals surface area contributed by atoms with Gasteiger partial charge in [-0.1, -0.05) is 11.6 Å². The number of hydrogen-bond donors (Lipinski definition) is 0. The van der Waals surface area contributed by atoms with Crippen LogP contribution in [-0.4, -0.2) is 116 Å². The zero-order valence-electron chi connectivity index (χ0n) is 22.5. The van der Waals surface area contributed by atoms with E-state index in [1.165, 1.54) is 12.1 Å². The molecule has 2 amide bonds. The van der Waals surface area contributed by atoms with E-state index in [0.717, 1.165) is 25.7 Å². The van der Waals surface area contributed by atoms with Crippen molar-refractivity contribution in [1.82, 2.24) is 19.0 Å². The van der Waals surface area contributed by atoms with Gasteiger partial charge in [0.1, 0.15) is 5.60 Å². The highest BCUT2D eigenvalue weighted by Gasteiger charge is 2.62. The van der Waals surface area contributed by atoms with E-state index in [9.17, 15) is 18.0 Å². The topological polar surface area (TPSA) is 99.7 Å². The Morgan fingerprint density at radius 1 is 1.05 bits per heavy atom. The van der Waals surface area contributed by atoms with Crippen molar-refractivity contribution in [2.24, 2.45) is 5.92 Å². The lowest BCUT2D eigenvalue weighted by Gasteiger charge is -2.45. The van der Waals surface area contributed by atoms with E-state index in [2.05, 4.69) is 0 Å². The Balaban J connectivity index is 1.22. The van der Waals surface area contributed by atoms with Crippen LogP contribution in [0.15, 0.2) is 29.2 Å². The number of rotatable bonds is 7. The number of benzene rings is 1. The average Bonchev–Trinajstić information content (AvgIpc) is 3.82. The zero-order valence-corrected chi connectivity index (χ0v) is 24.1. The number of carbonyl (C=O) groups is 2. The number of morpholine rings is 1. The minimum Gasteiger partial charge on any atom is -0.441 e. The molecular weight excluding hydrogens is 544 g/mol. The maximum atomic E-state index is 14.0. The van der Waals surface area contributed by atoms with Gasteiger partial charge in [0.25, 0.3) is 0 Å². The first-order valence-electron chi connectivity index (χ1n) is 13.9. The zero-order chi connectivity index (χ0) is 27.5. The van der Waals surface area contributed by atoms with Crippen LogP contribution >= 0.6 is 11.6 Å². The summed E-state index contributed by atoms with van der Waals surface area (Å²) in [6.07, 6.45) is 4.34. The van der Waals surface area contributed by atoms with Crippen molar-refractivity contribution in [3.05, 3.63) is 29.3 Å². The van der Waals surface area contributed by atoms with E-state index < -0.39 is 27.8 Å². The highest BCUT2D eigenvalue weighted by molar-refractivity contribution is 7.89. The van der Waals surface area contributed by atoms with Gasteiger partial charge in [-0.05, 0) is 82.8 Å². The minimum atomic E-state index is -3.88. The van der Waals surface area contributed by atoms with Gasteiger partial charge in [-0.25, -0.2) is 13.2 Å². The maximum absolute atomic E-state index is 14.0. The molecule has 3 saturated heterocycles. The SMILES string of the molecule is CN(C)CC(=O)N1CC2CCC(C1)N2C(=O)OC1([C@H]2COC[C@@H](C3CC3)N2S(=O)(=O)c2ccc(Cl)cc2)CC1. The van der Waals surface area contributed by atoms with Gasteiger partial charge < -0.3 is 19.3 Å². The Labute approximate surface area is 235 Å². The fourth-order valence-corrected chi connectivity index (χ4v) is 8.62. The first-order chi connectivity index (χ1) is 18.6. The molecule has 39 heavy (non-hydrogen) atoms. The predicted molar refractivity (Wildman–Crippen MR) is 144 cm³/mol. The van der Waals surface area contributed by atoms with Crippen LogP contribution in [0.5, 0.6) is 0 Å². The van der Waals surface area contributed by atoms with Crippen molar-refractivity contribution >= 4 is 33.6 Å². The molecule has 2 bridgehead atoms. The minimum absolute atomic E-state index is 0.0668.